The van der Waals surface area contributed by atoms with Crippen LogP contribution >= 0.6 is 0 Å². The highest BCUT2D eigenvalue weighted by atomic mass is 16.5. The highest BCUT2D eigenvalue weighted by Crippen LogP contribution is 2.34. The summed E-state index contributed by atoms with van der Waals surface area (Å²) in [6.45, 7) is 10.9. The van der Waals surface area contributed by atoms with Crippen LogP contribution in [0.2, 0.25) is 0 Å². The topological polar surface area (TPSA) is 82.5 Å². The molecule has 1 aromatic carbocycles. The zero-order valence-corrected chi connectivity index (χ0v) is 15.6. The molecule has 0 aliphatic carbocycles. The number of aromatic nitrogens is 3. The molecule has 0 amide bonds. The van der Waals surface area contributed by atoms with Crippen LogP contribution in [0.4, 0.5) is 23.0 Å². The van der Waals surface area contributed by atoms with E-state index in [4.69, 9.17) is 11.3 Å². The van der Waals surface area contributed by atoms with Crippen LogP contribution in [0.25, 0.3) is 16.1 Å². The fourth-order valence-electron chi connectivity index (χ4n) is 3.22. The predicted octanol–water partition coefficient (Wildman–Crippen LogP) is 3.18. The van der Waals surface area contributed by atoms with Gasteiger partial charge in [0.15, 0.2) is 5.82 Å². The molecule has 3 N–H and O–H groups in total. The molecule has 1 saturated heterocycles. The van der Waals surface area contributed by atoms with E-state index in [0.29, 0.717) is 11.6 Å². The van der Waals surface area contributed by atoms with Crippen LogP contribution in [0.15, 0.2) is 42.6 Å². The van der Waals surface area contributed by atoms with E-state index in [1.165, 1.54) is 0 Å². The van der Waals surface area contributed by atoms with E-state index in [1.54, 1.807) is 25.4 Å². The van der Waals surface area contributed by atoms with Gasteiger partial charge in [0.1, 0.15) is 11.9 Å². The van der Waals surface area contributed by atoms with Gasteiger partial charge in [-0.05, 0) is 24.3 Å². The highest BCUT2D eigenvalue weighted by molar-refractivity contribution is 5.74. The number of aromatic amines is 1. The summed E-state index contributed by atoms with van der Waals surface area (Å²) >= 11 is 0. The normalized spacial score (nSPS) is 13.8. The Hall–Kier alpha value is -3.57. The van der Waals surface area contributed by atoms with E-state index in [9.17, 15) is 0 Å². The van der Waals surface area contributed by atoms with Crippen molar-refractivity contribution in [2.24, 2.45) is 0 Å². The zero-order valence-electron chi connectivity index (χ0n) is 15.6. The van der Waals surface area contributed by atoms with Gasteiger partial charge in [-0.25, -0.2) is 0 Å². The molecule has 4 rings (SSSR count). The summed E-state index contributed by atoms with van der Waals surface area (Å²) in [4.78, 5) is 9.70. The standard InChI is InChI=1S/C20H21N7O/c1-21-19-6-3-14(13-23-19)24-20-12-17(25-26-20)16-5-4-15(11-18(16)28-2)27-9-7-22-8-10-27/h3-6,11-13,22H,7-10H2,2H3,(H2,24,25,26). The molecular formula is C20H21N7O. The molecule has 0 saturated carbocycles. The van der Waals surface area contributed by atoms with Crippen molar-refractivity contribution in [1.29, 1.82) is 0 Å². The predicted molar refractivity (Wildman–Crippen MR) is 109 cm³/mol. The van der Waals surface area contributed by atoms with Gasteiger partial charge < -0.3 is 25.1 Å². The summed E-state index contributed by atoms with van der Waals surface area (Å²) in [6, 6.07) is 11.6. The number of hydrogen-bond acceptors (Lipinski definition) is 6. The Kier molecular flexibility index (Phi) is 5.08. The Balaban J connectivity index is 1.54. The highest BCUT2D eigenvalue weighted by Gasteiger charge is 2.15. The first kappa shape index (κ1) is 17.8. The second kappa shape index (κ2) is 7.98. The van der Waals surface area contributed by atoms with Gasteiger partial charge in [-0.2, -0.15) is 5.10 Å². The summed E-state index contributed by atoms with van der Waals surface area (Å²) in [6.07, 6.45) is 1.62. The Bertz CT molecular complexity index is 985. The molecule has 1 aliphatic rings. The van der Waals surface area contributed by atoms with Crippen molar-refractivity contribution in [3.63, 3.8) is 0 Å². The minimum Gasteiger partial charge on any atom is -0.496 e. The number of nitrogens with zero attached hydrogens (tertiary/aromatic N) is 4. The van der Waals surface area contributed by atoms with Gasteiger partial charge >= 0.3 is 0 Å². The number of hydrogen-bond donors (Lipinski definition) is 3. The smallest absolute Gasteiger partial charge is 0.269 e. The second-order valence-electron chi connectivity index (χ2n) is 6.43. The van der Waals surface area contributed by atoms with E-state index in [1.807, 2.05) is 6.07 Å². The molecule has 28 heavy (non-hydrogen) atoms. The Labute approximate surface area is 163 Å². The van der Waals surface area contributed by atoms with Crippen LogP contribution in [-0.4, -0.2) is 48.5 Å². The zero-order chi connectivity index (χ0) is 19.3. The molecule has 0 atom stereocenters. The van der Waals surface area contributed by atoms with Gasteiger partial charge in [0, 0.05) is 49.6 Å². The molecule has 3 heterocycles. The maximum Gasteiger partial charge on any atom is 0.269 e. The van der Waals surface area contributed by atoms with Gasteiger partial charge in [0.2, 0.25) is 0 Å². The molecule has 2 aromatic heterocycles. The Morgan fingerprint density at radius 1 is 1.18 bits per heavy atom. The van der Waals surface area contributed by atoms with Crippen LogP contribution in [0.1, 0.15) is 0 Å². The third-order valence-corrected chi connectivity index (χ3v) is 4.67. The lowest BCUT2D eigenvalue weighted by Gasteiger charge is -2.29. The maximum atomic E-state index is 6.96. The summed E-state index contributed by atoms with van der Waals surface area (Å²) < 4.78 is 5.64. The monoisotopic (exact) mass is 375 g/mol. The number of benzene rings is 1. The average Bonchev–Trinajstić information content (AvgIpc) is 3.22. The summed E-state index contributed by atoms with van der Waals surface area (Å²) in [5.41, 5.74) is 3.73. The first-order valence-corrected chi connectivity index (χ1v) is 9.07. The number of piperazine rings is 1. The fourth-order valence-corrected chi connectivity index (χ4v) is 3.22. The summed E-state index contributed by atoms with van der Waals surface area (Å²) in [7, 11) is 1.68. The third kappa shape index (κ3) is 3.75. The number of rotatable bonds is 5. The fraction of sp³-hybridized carbons (Fsp3) is 0.250. The first-order chi connectivity index (χ1) is 13.8. The van der Waals surface area contributed by atoms with Crippen LogP contribution in [0.5, 0.6) is 5.75 Å². The van der Waals surface area contributed by atoms with Crippen LogP contribution in [-0.2, 0) is 0 Å². The van der Waals surface area contributed by atoms with Crippen molar-refractivity contribution in [3.05, 3.63) is 54.0 Å². The lowest BCUT2D eigenvalue weighted by Crippen LogP contribution is -2.43. The van der Waals surface area contributed by atoms with Crippen LogP contribution in [0.3, 0.4) is 0 Å². The molecular weight excluding hydrogens is 354 g/mol. The molecule has 0 spiro atoms. The van der Waals surface area contributed by atoms with Crippen molar-refractivity contribution in [3.8, 4) is 17.0 Å². The Morgan fingerprint density at radius 3 is 2.75 bits per heavy atom. The van der Waals surface area contributed by atoms with Crippen molar-refractivity contribution >= 4 is 23.0 Å². The number of pyridine rings is 1. The van der Waals surface area contributed by atoms with Crippen LogP contribution in [0, 0.1) is 6.57 Å². The minimum absolute atomic E-state index is 0.363. The molecule has 8 nitrogen and oxygen atoms in total. The van der Waals surface area contributed by atoms with E-state index in [2.05, 4.69) is 53.8 Å². The molecule has 0 bridgehead atoms. The van der Waals surface area contributed by atoms with Crippen molar-refractivity contribution in [1.82, 2.24) is 20.5 Å². The molecule has 1 fully saturated rings. The van der Waals surface area contributed by atoms with E-state index in [-0.39, 0.29) is 0 Å². The minimum atomic E-state index is 0.363. The molecule has 3 aromatic rings. The van der Waals surface area contributed by atoms with Gasteiger partial charge in [-0.15, -0.1) is 4.98 Å². The van der Waals surface area contributed by atoms with E-state index >= 15 is 0 Å². The molecule has 0 unspecified atom stereocenters. The first-order valence-electron chi connectivity index (χ1n) is 9.07. The van der Waals surface area contributed by atoms with Gasteiger partial charge in [-0.1, -0.05) is 6.57 Å². The SMILES string of the molecule is [C-]#[N+]c1ccc(Nc2cc(-c3ccc(N4CCNCC4)cc3OC)[nH]n2)cn1. The van der Waals surface area contributed by atoms with E-state index in [0.717, 1.165) is 54.6 Å². The number of nitrogens with one attached hydrogen (secondary N) is 3. The van der Waals surface area contributed by atoms with Gasteiger partial charge in [0.05, 0.1) is 18.5 Å². The molecule has 8 heteroatoms. The average molecular weight is 375 g/mol. The van der Waals surface area contributed by atoms with Crippen LogP contribution < -0.4 is 20.3 Å². The Morgan fingerprint density at radius 2 is 2.04 bits per heavy atom. The number of H-pyrrole nitrogens is 1. The largest absolute Gasteiger partial charge is 0.496 e. The lowest BCUT2D eigenvalue weighted by atomic mass is 10.1. The second-order valence-corrected chi connectivity index (χ2v) is 6.43. The maximum absolute atomic E-state index is 6.96. The van der Waals surface area contributed by atoms with Gasteiger partial charge in [0.25, 0.3) is 5.82 Å². The number of anilines is 3. The molecule has 142 valence electrons. The van der Waals surface area contributed by atoms with Crippen molar-refractivity contribution < 1.29 is 4.74 Å². The quantitative estimate of drug-likeness (QED) is 0.594. The van der Waals surface area contributed by atoms with Gasteiger partial charge in [-0.3, -0.25) is 5.10 Å². The van der Waals surface area contributed by atoms with E-state index < -0.39 is 0 Å². The third-order valence-electron chi connectivity index (χ3n) is 4.67. The summed E-state index contributed by atoms with van der Waals surface area (Å²) in [5.74, 6) is 1.83. The lowest BCUT2D eigenvalue weighted by molar-refractivity contribution is 0.416. The number of methoxy groups -OCH3 is 1. The van der Waals surface area contributed by atoms with Crippen molar-refractivity contribution in [2.75, 3.05) is 43.5 Å². The molecule has 1 aliphatic heterocycles. The number of ether oxygens (including phenoxy) is 1. The van der Waals surface area contributed by atoms with Crippen molar-refractivity contribution in [2.45, 2.75) is 0 Å². The summed E-state index contributed by atoms with van der Waals surface area (Å²) in [5, 5.41) is 13.9. The molecule has 0 radical (unpaired) electrons.